The van der Waals surface area contributed by atoms with Gasteiger partial charge in [-0.3, -0.25) is 0 Å². The summed E-state index contributed by atoms with van der Waals surface area (Å²) in [5, 5.41) is 0. The lowest BCUT2D eigenvalue weighted by atomic mass is 10.0. The third kappa shape index (κ3) is 2.29. The van der Waals surface area contributed by atoms with Crippen LogP contribution in [0.5, 0.6) is 0 Å². The largest absolute Gasteiger partial charge is 0.303 e. The Labute approximate surface area is 68.6 Å². The quantitative estimate of drug-likeness (QED) is 0.573. The van der Waals surface area contributed by atoms with Crippen molar-refractivity contribution in [2.24, 2.45) is 5.92 Å². The molecule has 2 atom stereocenters. The van der Waals surface area contributed by atoms with Gasteiger partial charge in [-0.1, -0.05) is 6.92 Å². The zero-order valence-corrected chi connectivity index (χ0v) is 7.42. The van der Waals surface area contributed by atoms with Crippen LogP contribution >= 0.6 is 0 Å². The van der Waals surface area contributed by atoms with Crippen molar-refractivity contribution in [3.05, 3.63) is 0 Å². The van der Waals surface area contributed by atoms with Crippen LogP contribution in [0, 0.1) is 5.92 Å². The van der Waals surface area contributed by atoms with Crippen molar-refractivity contribution < 1.29 is 4.79 Å². The van der Waals surface area contributed by atoms with Crippen molar-refractivity contribution in [2.75, 3.05) is 13.6 Å². The summed E-state index contributed by atoms with van der Waals surface area (Å²) in [6.07, 6.45) is 4.67. The molecule has 0 aromatic rings. The molecule has 0 aromatic heterocycles. The Morgan fingerprint density at radius 1 is 1.73 bits per heavy atom. The molecule has 0 N–H and O–H groups in total. The topological polar surface area (TPSA) is 20.3 Å². The second-order valence-electron chi connectivity index (χ2n) is 3.63. The van der Waals surface area contributed by atoms with E-state index in [-0.39, 0.29) is 5.92 Å². The number of carbonyl (C=O) groups excluding carboxylic acids is 1. The van der Waals surface area contributed by atoms with Crippen LogP contribution in [0.2, 0.25) is 0 Å². The zero-order chi connectivity index (χ0) is 8.27. The molecule has 1 aliphatic rings. The fourth-order valence-corrected chi connectivity index (χ4v) is 1.76. The van der Waals surface area contributed by atoms with Crippen LogP contribution in [0.25, 0.3) is 0 Å². The number of hydrogen-bond acceptors (Lipinski definition) is 2. The van der Waals surface area contributed by atoms with E-state index >= 15 is 0 Å². The van der Waals surface area contributed by atoms with E-state index in [4.69, 9.17) is 0 Å². The van der Waals surface area contributed by atoms with Gasteiger partial charge >= 0.3 is 0 Å². The third-order valence-corrected chi connectivity index (χ3v) is 2.55. The van der Waals surface area contributed by atoms with Crippen LogP contribution < -0.4 is 0 Å². The predicted octanol–water partition coefficient (Wildman–Crippen LogP) is 1.31. The number of hydrogen-bond donors (Lipinski definition) is 0. The van der Waals surface area contributed by atoms with Crippen molar-refractivity contribution in [1.82, 2.24) is 4.90 Å². The summed E-state index contributed by atoms with van der Waals surface area (Å²) in [6, 6.07) is 0.662. The highest BCUT2D eigenvalue weighted by Gasteiger charge is 2.22. The summed E-state index contributed by atoms with van der Waals surface area (Å²) in [4.78, 5) is 12.7. The molecular formula is C9H17NO. The number of nitrogens with zero attached hydrogens (tertiary/aromatic N) is 1. The lowest BCUT2D eigenvalue weighted by Crippen LogP contribution is -2.26. The second-order valence-corrected chi connectivity index (χ2v) is 3.63. The standard InChI is InChI=1S/C9H17NO/c1-8(7-11)6-9-4-3-5-10(9)2/h7-9H,3-6H2,1-2H3. The molecule has 0 radical (unpaired) electrons. The van der Waals surface area contributed by atoms with Crippen molar-refractivity contribution in [2.45, 2.75) is 32.2 Å². The van der Waals surface area contributed by atoms with Crippen LogP contribution in [0.4, 0.5) is 0 Å². The van der Waals surface area contributed by atoms with Gasteiger partial charge in [0, 0.05) is 12.0 Å². The van der Waals surface area contributed by atoms with Crippen molar-refractivity contribution in [1.29, 1.82) is 0 Å². The first-order chi connectivity index (χ1) is 5.24. The lowest BCUT2D eigenvalue weighted by Gasteiger charge is -2.20. The average molecular weight is 155 g/mol. The van der Waals surface area contributed by atoms with Crippen molar-refractivity contribution >= 4 is 6.29 Å². The fraction of sp³-hybridized carbons (Fsp3) is 0.889. The lowest BCUT2D eigenvalue weighted by molar-refractivity contribution is -0.111. The van der Waals surface area contributed by atoms with Crippen LogP contribution in [-0.4, -0.2) is 30.8 Å². The Kier molecular flexibility index (Phi) is 3.06. The normalized spacial score (nSPS) is 28.7. The van der Waals surface area contributed by atoms with E-state index in [0.29, 0.717) is 6.04 Å². The molecule has 11 heavy (non-hydrogen) atoms. The molecular weight excluding hydrogens is 138 g/mol. The Morgan fingerprint density at radius 2 is 2.45 bits per heavy atom. The van der Waals surface area contributed by atoms with E-state index in [1.54, 1.807) is 0 Å². The van der Waals surface area contributed by atoms with E-state index in [1.807, 2.05) is 6.92 Å². The maximum absolute atomic E-state index is 10.4. The van der Waals surface area contributed by atoms with Gasteiger partial charge in [-0.15, -0.1) is 0 Å². The molecule has 0 aromatic carbocycles. The van der Waals surface area contributed by atoms with E-state index in [1.165, 1.54) is 19.4 Å². The van der Waals surface area contributed by atoms with Gasteiger partial charge in [-0.2, -0.15) is 0 Å². The predicted molar refractivity (Wildman–Crippen MR) is 45.5 cm³/mol. The molecule has 0 saturated carbocycles. The van der Waals surface area contributed by atoms with Gasteiger partial charge in [0.15, 0.2) is 0 Å². The monoisotopic (exact) mass is 155 g/mol. The van der Waals surface area contributed by atoms with Crippen molar-refractivity contribution in [3.8, 4) is 0 Å². The number of carbonyl (C=O) groups is 1. The summed E-state index contributed by atoms with van der Waals surface area (Å²) in [7, 11) is 2.15. The van der Waals surface area contributed by atoms with E-state index < -0.39 is 0 Å². The number of rotatable bonds is 3. The number of likely N-dealkylation sites (tertiary alicyclic amines) is 1. The van der Waals surface area contributed by atoms with E-state index in [2.05, 4.69) is 11.9 Å². The van der Waals surface area contributed by atoms with Crippen LogP contribution in [-0.2, 0) is 4.79 Å². The highest BCUT2D eigenvalue weighted by Crippen LogP contribution is 2.20. The van der Waals surface area contributed by atoms with Gasteiger partial charge in [-0.05, 0) is 32.9 Å². The molecule has 1 rings (SSSR count). The molecule has 2 heteroatoms. The first-order valence-electron chi connectivity index (χ1n) is 4.39. The minimum Gasteiger partial charge on any atom is -0.303 e. The highest BCUT2D eigenvalue weighted by molar-refractivity contribution is 5.52. The SMILES string of the molecule is CC(C=O)CC1CCCN1C. The Bertz CT molecular complexity index is 136. The molecule has 2 nitrogen and oxygen atoms in total. The molecule has 1 fully saturated rings. The molecule has 0 spiro atoms. The van der Waals surface area contributed by atoms with Gasteiger partial charge in [0.05, 0.1) is 0 Å². The molecule has 0 bridgehead atoms. The maximum Gasteiger partial charge on any atom is 0.122 e. The first-order valence-corrected chi connectivity index (χ1v) is 4.39. The van der Waals surface area contributed by atoms with Crippen molar-refractivity contribution in [3.63, 3.8) is 0 Å². The fourth-order valence-electron chi connectivity index (χ4n) is 1.76. The smallest absolute Gasteiger partial charge is 0.122 e. The van der Waals surface area contributed by atoms with Crippen LogP contribution in [0.3, 0.4) is 0 Å². The molecule has 0 aliphatic carbocycles. The van der Waals surface area contributed by atoms with Crippen LogP contribution in [0.1, 0.15) is 26.2 Å². The number of aldehydes is 1. The minimum absolute atomic E-state index is 0.237. The molecule has 2 unspecified atom stereocenters. The van der Waals surface area contributed by atoms with Crippen LogP contribution in [0.15, 0.2) is 0 Å². The molecule has 1 aliphatic heterocycles. The van der Waals surface area contributed by atoms with E-state index in [9.17, 15) is 4.79 Å². The zero-order valence-electron chi connectivity index (χ0n) is 7.42. The Hall–Kier alpha value is -0.370. The molecule has 1 heterocycles. The average Bonchev–Trinajstić information content (AvgIpc) is 2.37. The van der Waals surface area contributed by atoms with E-state index in [0.717, 1.165) is 12.7 Å². The summed E-state index contributed by atoms with van der Waals surface area (Å²) in [6.45, 7) is 3.20. The summed E-state index contributed by atoms with van der Waals surface area (Å²) in [5.41, 5.74) is 0. The Morgan fingerprint density at radius 3 is 2.91 bits per heavy atom. The van der Waals surface area contributed by atoms with Gasteiger partial charge in [0.2, 0.25) is 0 Å². The summed E-state index contributed by atoms with van der Waals surface area (Å²) < 4.78 is 0. The molecule has 64 valence electrons. The minimum atomic E-state index is 0.237. The summed E-state index contributed by atoms with van der Waals surface area (Å²) in [5.74, 6) is 0.237. The second kappa shape index (κ2) is 3.86. The molecule has 1 saturated heterocycles. The molecule has 0 amide bonds. The van der Waals surface area contributed by atoms with Gasteiger partial charge in [-0.25, -0.2) is 0 Å². The van der Waals surface area contributed by atoms with Gasteiger partial charge in [0.1, 0.15) is 6.29 Å². The maximum atomic E-state index is 10.4. The van der Waals surface area contributed by atoms with Gasteiger partial charge < -0.3 is 9.69 Å². The Balaban J connectivity index is 2.30. The first kappa shape index (κ1) is 8.72. The van der Waals surface area contributed by atoms with Gasteiger partial charge in [0.25, 0.3) is 0 Å². The summed E-state index contributed by atoms with van der Waals surface area (Å²) >= 11 is 0. The third-order valence-electron chi connectivity index (χ3n) is 2.55. The highest BCUT2D eigenvalue weighted by atomic mass is 16.1.